The first-order chi connectivity index (χ1) is 9.81. The molecule has 0 spiro atoms. The van der Waals surface area contributed by atoms with Crippen molar-refractivity contribution < 1.29 is 8.78 Å². The average molecular weight is 291 g/mol. The van der Waals surface area contributed by atoms with Crippen LogP contribution in [0, 0.1) is 11.6 Å². The molecule has 0 bridgehead atoms. The molecule has 112 valence electrons. The van der Waals surface area contributed by atoms with E-state index in [1.54, 1.807) is 6.07 Å². The average Bonchev–Trinajstić information content (AvgIpc) is 2.40. The standard InChI is InChI=1S/C16H19F2N3/c1-5-19-14-9-13(20-15(21-14)16(2,3)4)11-8-10(17)6-7-12(11)18/h6-9H,5H2,1-4H3,(H,19,20,21). The zero-order valence-corrected chi connectivity index (χ0v) is 12.7. The highest BCUT2D eigenvalue weighted by Crippen LogP contribution is 2.27. The molecular weight excluding hydrogens is 272 g/mol. The lowest BCUT2D eigenvalue weighted by Crippen LogP contribution is -2.18. The largest absolute Gasteiger partial charge is 0.370 e. The van der Waals surface area contributed by atoms with E-state index in [9.17, 15) is 8.78 Å². The second-order valence-corrected chi connectivity index (χ2v) is 5.87. The normalized spacial score (nSPS) is 11.5. The molecule has 1 heterocycles. The van der Waals surface area contributed by atoms with Crippen molar-refractivity contribution in [3.05, 3.63) is 41.7 Å². The summed E-state index contributed by atoms with van der Waals surface area (Å²) in [4.78, 5) is 8.83. The summed E-state index contributed by atoms with van der Waals surface area (Å²) in [5.74, 6) is 0.195. The molecule has 21 heavy (non-hydrogen) atoms. The Balaban J connectivity index is 2.62. The van der Waals surface area contributed by atoms with Crippen molar-refractivity contribution in [2.45, 2.75) is 33.1 Å². The van der Waals surface area contributed by atoms with E-state index in [2.05, 4.69) is 15.3 Å². The molecule has 0 saturated heterocycles. The van der Waals surface area contributed by atoms with Gasteiger partial charge in [0.15, 0.2) is 0 Å². The van der Waals surface area contributed by atoms with Gasteiger partial charge in [-0.25, -0.2) is 18.7 Å². The molecular formula is C16H19F2N3. The minimum absolute atomic E-state index is 0.141. The number of nitrogens with one attached hydrogen (secondary N) is 1. The summed E-state index contributed by atoms with van der Waals surface area (Å²) in [6.45, 7) is 8.56. The Kier molecular flexibility index (Phi) is 4.21. The Hall–Kier alpha value is -2.04. The van der Waals surface area contributed by atoms with Gasteiger partial charge in [0, 0.05) is 23.6 Å². The van der Waals surface area contributed by atoms with E-state index in [1.165, 1.54) is 0 Å². The van der Waals surface area contributed by atoms with Crippen LogP contribution in [0.3, 0.4) is 0 Å². The second kappa shape index (κ2) is 5.76. The molecule has 0 radical (unpaired) electrons. The van der Waals surface area contributed by atoms with E-state index in [-0.39, 0.29) is 11.0 Å². The maximum atomic E-state index is 14.0. The molecule has 1 N–H and O–H groups in total. The highest BCUT2D eigenvalue weighted by molar-refractivity contribution is 5.63. The second-order valence-electron chi connectivity index (χ2n) is 5.87. The molecule has 5 heteroatoms. The van der Waals surface area contributed by atoms with Gasteiger partial charge in [0.2, 0.25) is 0 Å². The summed E-state index contributed by atoms with van der Waals surface area (Å²) in [6, 6.07) is 4.99. The molecule has 0 unspecified atom stereocenters. The summed E-state index contributed by atoms with van der Waals surface area (Å²) in [6.07, 6.45) is 0. The van der Waals surface area contributed by atoms with Gasteiger partial charge in [-0.2, -0.15) is 0 Å². The van der Waals surface area contributed by atoms with Gasteiger partial charge < -0.3 is 5.32 Å². The highest BCUT2D eigenvalue weighted by Gasteiger charge is 2.20. The Morgan fingerprint density at radius 2 is 1.81 bits per heavy atom. The number of aromatic nitrogens is 2. The Morgan fingerprint density at radius 3 is 2.43 bits per heavy atom. The SMILES string of the molecule is CCNc1cc(-c2cc(F)ccc2F)nc(C(C)(C)C)n1. The lowest BCUT2D eigenvalue weighted by Gasteiger charge is -2.19. The van der Waals surface area contributed by atoms with Crippen molar-refractivity contribution >= 4 is 5.82 Å². The number of nitrogens with zero attached hydrogens (tertiary/aromatic N) is 2. The minimum atomic E-state index is -0.502. The molecule has 0 aliphatic rings. The van der Waals surface area contributed by atoms with Crippen LogP contribution in [-0.2, 0) is 5.41 Å². The number of benzene rings is 1. The molecule has 1 aromatic heterocycles. The third-order valence-electron chi connectivity index (χ3n) is 2.96. The summed E-state index contributed by atoms with van der Waals surface area (Å²) >= 11 is 0. The van der Waals surface area contributed by atoms with Crippen molar-refractivity contribution in [1.29, 1.82) is 0 Å². The maximum absolute atomic E-state index is 14.0. The molecule has 0 amide bonds. The summed E-state index contributed by atoms with van der Waals surface area (Å²) in [7, 11) is 0. The molecule has 2 aromatic rings. The predicted molar refractivity (Wildman–Crippen MR) is 80.2 cm³/mol. The van der Waals surface area contributed by atoms with Gasteiger partial charge in [-0.3, -0.25) is 0 Å². The van der Waals surface area contributed by atoms with Gasteiger partial charge in [-0.1, -0.05) is 20.8 Å². The fraction of sp³-hybridized carbons (Fsp3) is 0.375. The monoisotopic (exact) mass is 291 g/mol. The quantitative estimate of drug-likeness (QED) is 0.923. The smallest absolute Gasteiger partial charge is 0.136 e. The van der Waals surface area contributed by atoms with Crippen molar-refractivity contribution in [3.8, 4) is 11.3 Å². The topological polar surface area (TPSA) is 37.8 Å². The Bertz CT molecular complexity index is 648. The van der Waals surface area contributed by atoms with Crippen LogP contribution in [0.5, 0.6) is 0 Å². The molecule has 2 rings (SSSR count). The first-order valence-corrected chi connectivity index (χ1v) is 6.90. The van der Waals surface area contributed by atoms with Gasteiger partial charge in [0.05, 0.1) is 5.69 Å². The number of hydrogen-bond donors (Lipinski definition) is 1. The first-order valence-electron chi connectivity index (χ1n) is 6.90. The van der Waals surface area contributed by atoms with Crippen LogP contribution in [0.25, 0.3) is 11.3 Å². The Morgan fingerprint density at radius 1 is 1.10 bits per heavy atom. The van der Waals surface area contributed by atoms with Gasteiger partial charge in [0.25, 0.3) is 0 Å². The molecule has 0 fully saturated rings. The van der Waals surface area contributed by atoms with E-state index in [0.29, 0.717) is 23.9 Å². The van der Waals surface area contributed by atoms with Crippen LogP contribution in [0.4, 0.5) is 14.6 Å². The van der Waals surface area contributed by atoms with E-state index < -0.39 is 11.6 Å². The van der Waals surface area contributed by atoms with Crippen LogP contribution in [0.15, 0.2) is 24.3 Å². The zero-order valence-electron chi connectivity index (χ0n) is 12.7. The van der Waals surface area contributed by atoms with Crippen LogP contribution >= 0.6 is 0 Å². The minimum Gasteiger partial charge on any atom is -0.370 e. The van der Waals surface area contributed by atoms with Crippen LogP contribution in [0.2, 0.25) is 0 Å². The van der Waals surface area contributed by atoms with E-state index >= 15 is 0 Å². The molecule has 0 aliphatic carbocycles. The number of halogens is 2. The predicted octanol–water partition coefficient (Wildman–Crippen LogP) is 4.15. The third kappa shape index (κ3) is 3.54. The van der Waals surface area contributed by atoms with Crippen molar-refractivity contribution in [2.24, 2.45) is 0 Å². The van der Waals surface area contributed by atoms with Crippen molar-refractivity contribution in [3.63, 3.8) is 0 Å². The zero-order chi connectivity index (χ0) is 15.6. The van der Waals surface area contributed by atoms with Crippen LogP contribution in [0.1, 0.15) is 33.5 Å². The maximum Gasteiger partial charge on any atom is 0.136 e. The molecule has 1 aromatic carbocycles. The molecule has 0 aliphatic heterocycles. The number of hydrogen-bond acceptors (Lipinski definition) is 3. The molecule has 0 saturated carbocycles. The van der Waals surface area contributed by atoms with Gasteiger partial charge in [-0.05, 0) is 25.1 Å². The van der Waals surface area contributed by atoms with Crippen molar-refractivity contribution in [2.75, 3.05) is 11.9 Å². The van der Waals surface area contributed by atoms with E-state index in [4.69, 9.17) is 0 Å². The van der Waals surface area contributed by atoms with Crippen LogP contribution in [-0.4, -0.2) is 16.5 Å². The summed E-state index contributed by atoms with van der Waals surface area (Å²) in [5.41, 5.74) is 0.231. The summed E-state index contributed by atoms with van der Waals surface area (Å²) < 4.78 is 27.3. The fourth-order valence-corrected chi connectivity index (χ4v) is 1.89. The number of rotatable bonds is 3. The number of anilines is 1. The fourth-order valence-electron chi connectivity index (χ4n) is 1.89. The van der Waals surface area contributed by atoms with E-state index in [1.807, 2.05) is 27.7 Å². The molecule has 3 nitrogen and oxygen atoms in total. The lowest BCUT2D eigenvalue weighted by atomic mass is 9.95. The van der Waals surface area contributed by atoms with E-state index in [0.717, 1.165) is 18.2 Å². The van der Waals surface area contributed by atoms with Gasteiger partial charge in [0.1, 0.15) is 23.3 Å². The van der Waals surface area contributed by atoms with Crippen molar-refractivity contribution in [1.82, 2.24) is 9.97 Å². The summed E-state index contributed by atoms with van der Waals surface area (Å²) in [5, 5.41) is 3.10. The Labute approximate surface area is 123 Å². The first kappa shape index (κ1) is 15.4. The highest BCUT2D eigenvalue weighted by atomic mass is 19.1. The van der Waals surface area contributed by atoms with Gasteiger partial charge >= 0.3 is 0 Å². The van der Waals surface area contributed by atoms with Gasteiger partial charge in [-0.15, -0.1) is 0 Å². The van der Waals surface area contributed by atoms with Crippen LogP contribution < -0.4 is 5.32 Å². The lowest BCUT2D eigenvalue weighted by molar-refractivity contribution is 0.546. The third-order valence-corrected chi connectivity index (χ3v) is 2.96. The molecule has 0 atom stereocenters.